The van der Waals surface area contributed by atoms with E-state index in [9.17, 15) is 4.39 Å². The summed E-state index contributed by atoms with van der Waals surface area (Å²) in [4.78, 5) is 4.55. The molecular weight excluding hydrogens is 265 g/mol. The van der Waals surface area contributed by atoms with Crippen LogP contribution in [0.25, 0.3) is 0 Å². The number of nitrogens with two attached hydrogens (primary N) is 1. The van der Waals surface area contributed by atoms with Crippen LogP contribution in [0.4, 0.5) is 15.8 Å². The van der Waals surface area contributed by atoms with Gasteiger partial charge in [0.15, 0.2) is 0 Å². The summed E-state index contributed by atoms with van der Waals surface area (Å²) in [7, 11) is 2.10. The Bertz CT molecular complexity index is 642. The quantitative estimate of drug-likeness (QED) is 0.941. The summed E-state index contributed by atoms with van der Waals surface area (Å²) < 4.78 is 13.5. The molecule has 3 nitrogen and oxygen atoms in total. The molecule has 4 heteroatoms. The molecule has 0 spiro atoms. The summed E-state index contributed by atoms with van der Waals surface area (Å²) in [5.41, 5.74) is 10.2. The lowest BCUT2D eigenvalue weighted by Gasteiger charge is -2.37. The van der Waals surface area contributed by atoms with Crippen LogP contribution in [0.5, 0.6) is 0 Å². The predicted molar refractivity (Wildman–Crippen MR) is 85.1 cm³/mol. The molecule has 1 aliphatic rings. The number of anilines is 2. The van der Waals surface area contributed by atoms with E-state index in [-0.39, 0.29) is 5.82 Å². The van der Waals surface area contributed by atoms with Crippen molar-refractivity contribution in [2.75, 3.05) is 29.9 Å². The summed E-state index contributed by atoms with van der Waals surface area (Å²) in [6.07, 6.45) is 0. The van der Waals surface area contributed by atoms with E-state index in [1.165, 1.54) is 17.4 Å². The maximum atomic E-state index is 13.5. The van der Waals surface area contributed by atoms with E-state index in [2.05, 4.69) is 29.0 Å². The van der Waals surface area contributed by atoms with Gasteiger partial charge in [-0.2, -0.15) is 0 Å². The van der Waals surface area contributed by atoms with Crippen molar-refractivity contribution in [1.29, 1.82) is 0 Å². The molecule has 0 radical (unpaired) electrons. The van der Waals surface area contributed by atoms with Crippen molar-refractivity contribution in [3.05, 3.63) is 59.4 Å². The molecule has 3 rings (SSSR count). The van der Waals surface area contributed by atoms with Gasteiger partial charge in [0, 0.05) is 33.2 Å². The molecular formula is C17H20FN3. The number of hydrogen-bond acceptors (Lipinski definition) is 3. The molecule has 21 heavy (non-hydrogen) atoms. The van der Waals surface area contributed by atoms with Crippen LogP contribution in [0.2, 0.25) is 0 Å². The van der Waals surface area contributed by atoms with Gasteiger partial charge in [0.05, 0.1) is 11.4 Å². The highest BCUT2D eigenvalue weighted by Crippen LogP contribution is 2.33. The number of nitrogens with zero attached hydrogens (tertiary/aromatic N) is 2. The van der Waals surface area contributed by atoms with E-state index in [4.69, 9.17) is 5.73 Å². The van der Waals surface area contributed by atoms with Crippen LogP contribution in [0.15, 0.2) is 42.5 Å². The van der Waals surface area contributed by atoms with Gasteiger partial charge in [-0.05, 0) is 35.4 Å². The molecule has 2 aromatic rings. The molecule has 1 aliphatic heterocycles. The van der Waals surface area contributed by atoms with E-state index in [0.717, 1.165) is 24.2 Å². The normalized spacial score (nSPS) is 14.2. The first-order chi connectivity index (χ1) is 10.2. The lowest BCUT2D eigenvalue weighted by molar-refractivity contribution is 0.622. The molecule has 0 aliphatic carbocycles. The fraction of sp³-hybridized carbons (Fsp3) is 0.294. The fourth-order valence-electron chi connectivity index (χ4n) is 2.88. The molecule has 0 saturated carbocycles. The topological polar surface area (TPSA) is 32.5 Å². The number of likely N-dealkylation sites (N-methyl/N-ethyl adjacent to an activating group) is 1. The first-order valence-corrected chi connectivity index (χ1v) is 7.21. The Morgan fingerprint density at radius 1 is 1.05 bits per heavy atom. The Morgan fingerprint density at radius 3 is 2.57 bits per heavy atom. The lowest BCUT2D eigenvalue weighted by Crippen LogP contribution is -2.38. The molecule has 0 fully saturated rings. The minimum Gasteiger partial charge on any atom is -0.371 e. The van der Waals surface area contributed by atoms with Crippen LogP contribution >= 0.6 is 0 Å². The predicted octanol–water partition coefficient (Wildman–Crippen LogP) is 2.74. The van der Waals surface area contributed by atoms with E-state index in [1.54, 1.807) is 12.1 Å². The Morgan fingerprint density at radius 2 is 1.81 bits per heavy atom. The van der Waals surface area contributed by atoms with Crippen LogP contribution in [0.3, 0.4) is 0 Å². The van der Waals surface area contributed by atoms with Crippen molar-refractivity contribution in [1.82, 2.24) is 0 Å². The third-order valence-corrected chi connectivity index (χ3v) is 4.09. The summed E-state index contributed by atoms with van der Waals surface area (Å²) in [6.45, 7) is 3.01. The van der Waals surface area contributed by atoms with Gasteiger partial charge in [-0.25, -0.2) is 4.39 Å². The molecule has 2 N–H and O–H groups in total. The van der Waals surface area contributed by atoms with Crippen molar-refractivity contribution in [3.8, 4) is 0 Å². The number of hydrogen-bond donors (Lipinski definition) is 1. The maximum absolute atomic E-state index is 13.5. The number of rotatable bonds is 3. The fourth-order valence-corrected chi connectivity index (χ4v) is 2.88. The average molecular weight is 285 g/mol. The average Bonchev–Trinajstić information content (AvgIpc) is 2.51. The number of para-hydroxylation sites is 2. The van der Waals surface area contributed by atoms with Crippen molar-refractivity contribution in [2.45, 2.75) is 13.1 Å². The molecule has 110 valence electrons. The van der Waals surface area contributed by atoms with Gasteiger partial charge in [-0.15, -0.1) is 0 Å². The molecule has 0 amide bonds. The molecule has 0 saturated heterocycles. The minimum absolute atomic E-state index is 0.204. The molecule has 2 aromatic carbocycles. The molecule has 0 aromatic heterocycles. The maximum Gasteiger partial charge on any atom is 0.123 e. The van der Waals surface area contributed by atoms with E-state index >= 15 is 0 Å². The minimum atomic E-state index is -0.204. The Labute approximate surface area is 124 Å². The zero-order chi connectivity index (χ0) is 14.8. The second kappa shape index (κ2) is 5.74. The van der Waals surface area contributed by atoms with Crippen LogP contribution in [0, 0.1) is 5.82 Å². The van der Waals surface area contributed by atoms with Crippen molar-refractivity contribution < 1.29 is 4.39 Å². The second-order valence-electron chi connectivity index (χ2n) is 5.45. The Balaban J connectivity index is 1.93. The van der Waals surface area contributed by atoms with Crippen molar-refractivity contribution in [2.24, 2.45) is 5.73 Å². The number of halogens is 1. The van der Waals surface area contributed by atoms with Crippen molar-refractivity contribution in [3.63, 3.8) is 0 Å². The second-order valence-corrected chi connectivity index (χ2v) is 5.45. The van der Waals surface area contributed by atoms with Crippen LogP contribution < -0.4 is 15.5 Å². The van der Waals surface area contributed by atoms with E-state index < -0.39 is 0 Å². The van der Waals surface area contributed by atoms with Gasteiger partial charge in [-0.1, -0.05) is 18.2 Å². The van der Waals surface area contributed by atoms with Crippen LogP contribution in [0.1, 0.15) is 11.1 Å². The smallest absolute Gasteiger partial charge is 0.123 e. The molecule has 0 bridgehead atoms. The van der Waals surface area contributed by atoms with Gasteiger partial charge in [-0.3, -0.25) is 0 Å². The van der Waals surface area contributed by atoms with E-state index in [0.29, 0.717) is 13.1 Å². The van der Waals surface area contributed by atoms with Crippen LogP contribution in [-0.2, 0) is 13.1 Å². The monoisotopic (exact) mass is 285 g/mol. The SMILES string of the molecule is CN1CCN(Cc2cc(F)ccc2CN)c2ccccc21. The Kier molecular flexibility index (Phi) is 3.80. The first kappa shape index (κ1) is 13.9. The molecule has 0 atom stereocenters. The Hall–Kier alpha value is -2.07. The van der Waals surface area contributed by atoms with Gasteiger partial charge >= 0.3 is 0 Å². The zero-order valence-corrected chi connectivity index (χ0v) is 12.2. The standard InChI is InChI=1S/C17H20FN3/c1-20-8-9-21(17-5-3-2-4-16(17)20)12-14-10-15(18)7-6-13(14)11-19/h2-7,10H,8-9,11-12,19H2,1H3. The third kappa shape index (κ3) is 2.72. The van der Waals surface area contributed by atoms with Gasteiger partial charge in [0.1, 0.15) is 5.82 Å². The number of fused-ring (bicyclic) bond motifs is 1. The summed E-state index contributed by atoms with van der Waals surface area (Å²) in [5.74, 6) is -0.204. The van der Waals surface area contributed by atoms with Crippen molar-refractivity contribution >= 4 is 11.4 Å². The van der Waals surface area contributed by atoms with E-state index in [1.807, 2.05) is 12.1 Å². The first-order valence-electron chi connectivity index (χ1n) is 7.21. The lowest BCUT2D eigenvalue weighted by atomic mass is 10.1. The van der Waals surface area contributed by atoms with Gasteiger partial charge in [0.2, 0.25) is 0 Å². The zero-order valence-electron chi connectivity index (χ0n) is 12.2. The number of benzene rings is 2. The largest absolute Gasteiger partial charge is 0.371 e. The third-order valence-electron chi connectivity index (χ3n) is 4.09. The van der Waals surface area contributed by atoms with Crippen LogP contribution in [-0.4, -0.2) is 20.1 Å². The summed E-state index contributed by atoms with van der Waals surface area (Å²) >= 11 is 0. The molecule has 0 unspecified atom stereocenters. The molecule has 1 heterocycles. The van der Waals surface area contributed by atoms with Gasteiger partial charge < -0.3 is 15.5 Å². The summed E-state index contributed by atoms with van der Waals surface area (Å²) in [5, 5.41) is 0. The summed E-state index contributed by atoms with van der Waals surface area (Å²) in [6, 6.07) is 13.2. The highest BCUT2D eigenvalue weighted by atomic mass is 19.1. The van der Waals surface area contributed by atoms with Gasteiger partial charge in [0.25, 0.3) is 0 Å². The highest BCUT2D eigenvalue weighted by Gasteiger charge is 2.20. The highest BCUT2D eigenvalue weighted by molar-refractivity contribution is 5.73.